The number of anilines is 1. The summed E-state index contributed by atoms with van der Waals surface area (Å²) in [6.45, 7) is 1.81. The summed E-state index contributed by atoms with van der Waals surface area (Å²) in [6.07, 6.45) is 1.58. The van der Waals surface area contributed by atoms with Crippen LogP contribution in [0.3, 0.4) is 0 Å². The van der Waals surface area contributed by atoms with Crippen LogP contribution in [0.15, 0.2) is 23.1 Å². The molecule has 2 rings (SSSR count). The number of hydrogen-bond acceptors (Lipinski definition) is 4. The molecule has 0 saturated heterocycles. The molecular weight excluding hydrogens is 256 g/mol. The molecule has 0 unspecified atom stereocenters. The van der Waals surface area contributed by atoms with Gasteiger partial charge in [-0.05, 0) is 38.0 Å². The summed E-state index contributed by atoms with van der Waals surface area (Å²) in [4.78, 5) is 10.6. The molecule has 0 radical (unpaired) electrons. The van der Waals surface area contributed by atoms with Crippen molar-refractivity contribution in [3.8, 4) is 0 Å². The van der Waals surface area contributed by atoms with E-state index in [2.05, 4.69) is 4.72 Å². The minimum atomic E-state index is -3.70. The van der Waals surface area contributed by atoms with Gasteiger partial charge in [-0.3, -0.25) is 0 Å². The van der Waals surface area contributed by atoms with Gasteiger partial charge in [0.15, 0.2) is 0 Å². The van der Waals surface area contributed by atoms with E-state index in [-0.39, 0.29) is 16.1 Å². The summed E-state index contributed by atoms with van der Waals surface area (Å²) >= 11 is 0. The predicted molar refractivity (Wildman–Crippen MR) is 65.8 cm³/mol. The van der Waals surface area contributed by atoms with Gasteiger partial charge in [0, 0.05) is 5.54 Å². The minimum Gasteiger partial charge on any atom is -0.478 e. The van der Waals surface area contributed by atoms with Gasteiger partial charge in [0.05, 0.1) is 11.3 Å². The van der Waals surface area contributed by atoms with Crippen LogP contribution < -0.4 is 10.5 Å². The number of carboxylic acid groups (broad SMARTS) is 1. The monoisotopic (exact) mass is 270 g/mol. The second kappa shape index (κ2) is 3.96. The molecule has 1 aliphatic carbocycles. The molecule has 7 heteroatoms. The Labute approximate surface area is 105 Å². The van der Waals surface area contributed by atoms with Gasteiger partial charge >= 0.3 is 5.97 Å². The zero-order valence-corrected chi connectivity index (χ0v) is 10.6. The van der Waals surface area contributed by atoms with Crippen LogP contribution in [0.1, 0.15) is 30.1 Å². The highest BCUT2D eigenvalue weighted by molar-refractivity contribution is 7.89. The highest BCUT2D eigenvalue weighted by atomic mass is 32.2. The van der Waals surface area contributed by atoms with Crippen LogP contribution in [0.5, 0.6) is 0 Å². The number of aromatic carboxylic acids is 1. The van der Waals surface area contributed by atoms with Crippen LogP contribution in [-0.4, -0.2) is 25.0 Å². The molecule has 0 spiro atoms. The number of rotatable bonds is 4. The lowest BCUT2D eigenvalue weighted by Gasteiger charge is -2.13. The number of sulfonamides is 1. The highest BCUT2D eigenvalue weighted by Gasteiger charge is 2.41. The first-order valence-electron chi connectivity index (χ1n) is 5.40. The lowest BCUT2D eigenvalue weighted by molar-refractivity contribution is 0.0697. The van der Waals surface area contributed by atoms with Crippen molar-refractivity contribution in [1.82, 2.24) is 4.72 Å². The van der Waals surface area contributed by atoms with Crippen molar-refractivity contribution in [3.05, 3.63) is 23.8 Å². The molecule has 1 saturated carbocycles. The molecule has 1 aromatic carbocycles. The van der Waals surface area contributed by atoms with Crippen molar-refractivity contribution in [2.75, 3.05) is 5.73 Å². The fourth-order valence-electron chi connectivity index (χ4n) is 1.60. The van der Waals surface area contributed by atoms with Gasteiger partial charge in [0.2, 0.25) is 10.0 Å². The number of nitrogens with two attached hydrogens (primary N) is 1. The molecule has 1 fully saturated rings. The average molecular weight is 270 g/mol. The van der Waals surface area contributed by atoms with Crippen molar-refractivity contribution in [2.45, 2.75) is 30.2 Å². The van der Waals surface area contributed by atoms with Crippen LogP contribution >= 0.6 is 0 Å². The van der Waals surface area contributed by atoms with E-state index in [1.54, 1.807) is 0 Å². The van der Waals surface area contributed by atoms with E-state index in [0.29, 0.717) is 0 Å². The van der Waals surface area contributed by atoms with Crippen molar-refractivity contribution in [1.29, 1.82) is 0 Å². The van der Waals surface area contributed by atoms with Gasteiger partial charge in [-0.1, -0.05) is 0 Å². The molecule has 1 aromatic rings. The largest absolute Gasteiger partial charge is 0.478 e. The quantitative estimate of drug-likeness (QED) is 0.701. The Balaban J connectivity index is 2.36. The molecule has 0 amide bonds. The molecule has 0 bridgehead atoms. The van der Waals surface area contributed by atoms with Gasteiger partial charge in [-0.2, -0.15) is 0 Å². The normalized spacial score (nSPS) is 17.4. The van der Waals surface area contributed by atoms with Crippen molar-refractivity contribution >= 4 is 21.7 Å². The number of hydrogen-bond donors (Lipinski definition) is 3. The Morgan fingerprint density at radius 2 is 2.06 bits per heavy atom. The predicted octanol–water partition coefficient (Wildman–Crippen LogP) is 0.798. The van der Waals surface area contributed by atoms with Crippen LogP contribution in [0.2, 0.25) is 0 Å². The molecule has 1 aliphatic rings. The van der Waals surface area contributed by atoms with E-state index >= 15 is 0 Å². The van der Waals surface area contributed by atoms with Crippen LogP contribution in [0.4, 0.5) is 5.69 Å². The Kier molecular flexibility index (Phi) is 2.83. The maximum Gasteiger partial charge on any atom is 0.335 e. The average Bonchev–Trinajstić information content (AvgIpc) is 2.93. The molecular formula is C11H14N2O4S. The third kappa shape index (κ3) is 2.46. The topological polar surface area (TPSA) is 109 Å². The van der Waals surface area contributed by atoms with Gasteiger partial charge in [0.25, 0.3) is 0 Å². The van der Waals surface area contributed by atoms with Crippen LogP contribution in [0.25, 0.3) is 0 Å². The third-order valence-electron chi connectivity index (χ3n) is 2.93. The Bertz CT molecular complexity index is 605. The maximum atomic E-state index is 12.1. The molecule has 0 aliphatic heterocycles. The Hall–Kier alpha value is -1.60. The van der Waals surface area contributed by atoms with Crippen molar-refractivity contribution in [3.63, 3.8) is 0 Å². The molecule has 6 nitrogen and oxygen atoms in total. The summed E-state index contributed by atoms with van der Waals surface area (Å²) in [7, 11) is -3.70. The van der Waals surface area contributed by atoms with E-state index in [1.807, 2.05) is 6.92 Å². The van der Waals surface area contributed by atoms with E-state index in [4.69, 9.17) is 10.8 Å². The summed E-state index contributed by atoms with van der Waals surface area (Å²) in [5, 5.41) is 8.78. The second-order valence-corrected chi connectivity index (χ2v) is 6.37. The van der Waals surface area contributed by atoms with Crippen molar-refractivity contribution < 1.29 is 18.3 Å². The first kappa shape index (κ1) is 12.8. The molecule has 4 N–H and O–H groups in total. The van der Waals surface area contributed by atoms with E-state index in [9.17, 15) is 13.2 Å². The molecule has 18 heavy (non-hydrogen) atoms. The van der Waals surface area contributed by atoms with E-state index in [0.717, 1.165) is 18.9 Å². The first-order chi connectivity index (χ1) is 8.23. The lowest BCUT2D eigenvalue weighted by Crippen LogP contribution is -2.34. The molecule has 0 heterocycles. The number of carboxylic acids is 1. The number of nitrogens with one attached hydrogen (secondary N) is 1. The van der Waals surface area contributed by atoms with E-state index < -0.39 is 21.5 Å². The number of nitrogen functional groups attached to an aromatic ring is 1. The van der Waals surface area contributed by atoms with Crippen LogP contribution in [0, 0.1) is 0 Å². The van der Waals surface area contributed by atoms with Gasteiger partial charge < -0.3 is 10.8 Å². The first-order valence-corrected chi connectivity index (χ1v) is 6.89. The maximum absolute atomic E-state index is 12.1. The molecule has 0 aromatic heterocycles. The van der Waals surface area contributed by atoms with Crippen LogP contribution in [-0.2, 0) is 10.0 Å². The van der Waals surface area contributed by atoms with E-state index in [1.165, 1.54) is 12.1 Å². The summed E-state index contributed by atoms with van der Waals surface area (Å²) < 4.78 is 26.7. The molecule has 0 atom stereocenters. The summed E-state index contributed by atoms with van der Waals surface area (Å²) in [6, 6.07) is 3.58. The SMILES string of the molecule is CC1(NS(=O)(=O)c2ccc(C(=O)O)cc2N)CC1. The Morgan fingerprint density at radius 1 is 1.44 bits per heavy atom. The third-order valence-corrected chi connectivity index (χ3v) is 4.64. The zero-order valence-electron chi connectivity index (χ0n) is 9.80. The number of benzene rings is 1. The Morgan fingerprint density at radius 3 is 2.50 bits per heavy atom. The zero-order chi connectivity index (χ0) is 13.6. The summed E-state index contributed by atoms with van der Waals surface area (Å²) in [5.74, 6) is -1.15. The fraction of sp³-hybridized carbons (Fsp3) is 0.364. The lowest BCUT2D eigenvalue weighted by atomic mass is 10.2. The number of carbonyl (C=O) groups is 1. The second-order valence-electron chi connectivity index (χ2n) is 4.72. The fourth-order valence-corrected chi connectivity index (χ4v) is 3.17. The molecule has 98 valence electrons. The standard InChI is InChI=1S/C11H14N2O4S/c1-11(4-5-11)13-18(16,17)9-3-2-7(10(14)15)6-8(9)12/h2-3,6,13H,4-5,12H2,1H3,(H,14,15). The smallest absolute Gasteiger partial charge is 0.335 e. The van der Waals surface area contributed by atoms with Gasteiger partial charge in [-0.25, -0.2) is 17.9 Å². The summed E-state index contributed by atoms with van der Waals surface area (Å²) in [5.41, 5.74) is 5.11. The minimum absolute atomic E-state index is 0.0379. The van der Waals surface area contributed by atoms with Crippen molar-refractivity contribution in [2.24, 2.45) is 0 Å². The van der Waals surface area contributed by atoms with Gasteiger partial charge in [-0.15, -0.1) is 0 Å². The highest BCUT2D eigenvalue weighted by Crippen LogP contribution is 2.36. The van der Waals surface area contributed by atoms with Gasteiger partial charge in [0.1, 0.15) is 4.90 Å².